The third-order valence-corrected chi connectivity index (χ3v) is 3.67. The number of benzene rings is 1. The van der Waals surface area contributed by atoms with E-state index in [1.165, 1.54) is 0 Å². The van der Waals surface area contributed by atoms with Crippen molar-refractivity contribution >= 4 is 0 Å². The fourth-order valence-electron chi connectivity index (χ4n) is 2.34. The molecule has 0 aliphatic rings. The molecule has 0 saturated heterocycles. The van der Waals surface area contributed by atoms with Gasteiger partial charge in [0.05, 0.1) is 0 Å². The van der Waals surface area contributed by atoms with Gasteiger partial charge in [-0.2, -0.15) is 19.3 Å². The molecule has 3 aromatic rings. The Labute approximate surface area is 176 Å². The van der Waals surface area contributed by atoms with Crippen molar-refractivity contribution in [1.29, 1.82) is 0 Å². The zero-order chi connectivity index (χ0) is 18.5. The average molecular weight is 538 g/mol. The summed E-state index contributed by atoms with van der Waals surface area (Å²) < 4.78 is 0. The van der Waals surface area contributed by atoms with E-state index in [0.29, 0.717) is 0 Å². The van der Waals surface area contributed by atoms with Gasteiger partial charge in [-0.3, -0.25) is 9.97 Å². The Morgan fingerprint density at radius 2 is 1.44 bits per heavy atom. The third-order valence-electron chi connectivity index (χ3n) is 3.67. The standard InChI is InChI=1S/C16H11N2.C7H14O.Ir/c1-3-10-17-15(8-1)13-6-5-7-14(12-13)16-9-2-4-11-18-16;1-2-3-4-5-6-7-8;/h1-11H;5,8H,1-4,6-7H2;/q-1;-2;+3. The molecule has 0 amide bonds. The molecule has 0 atom stereocenters. The van der Waals surface area contributed by atoms with E-state index in [1.807, 2.05) is 54.6 Å². The molecule has 0 bridgehead atoms. The van der Waals surface area contributed by atoms with Gasteiger partial charge in [0.25, 0.3) is 0 Å². The van der Waals surface area contributed by atoms with Crippen LogP contribution < -0.4 is 0 Å². The number of pyridine rings is 2. The molecule has 0 fully saturated rings. The maximum atomic E-state index is 8.32. The Morgan fingerprint density at radius 3 is 1.89 bits per heavy atom. The van der Waals surface area contributed by atoms with E-state index < -0.39 is 0 Å². The Bertz CT molecular complexity index is 675. The van der Waals surface area contributed by atoms with Gasteiger partial charge >= 0.3 is 20.1 Å². The van der Waals surface area contributed by atoms with Crippen LogP contribution in [0.3, 0.4) is 0 Å². The van der Waals surface area contributed by atoms with E-state index in [2.05, 4.69) is 29.4 Å². The molecule has 0 radical (unpaired) electrons. The van der Waals surface area contributed by atoms with E-state index in [-0.39, 0.29) is 26.7 Å². The fourth-order valence-corrected chi connectivity index (χ4v) is 2.34. The molecular formula is C23H25IrN2O. The summed E-state index contributed by atoms with van der Waals surface area (Å²) in [7, 11) is 0. The summed E-state index contributed by atoms with van der Waals surface area (Å²) in [5, 5.41) is 8.32. The van der Waals surface area contributed by atoms with Crippen LogP contribution >= 0.6 is 0 Å². The van der Waals surface area contributed by atoms with Crippen LogP contribution in [-0.4, -0.2) is 21.7 Å². The van der Waals surface area contributed by atoms with Crippen LogP contribution in [-0.2, 0) is 20.1 Å². The predicted molar refractivity (Wildman–Crippen MR) is 107 cm³/mol. The van der Waals surface area contributed by atoms with Crippen molar-refractivity contribution in [2.75, 3.05) is 6.61 Å². The van der Waals surface area contributed by atoms with Crippen LogP contribution in [0.4, 0.5) is 0 Å². The summed E-state index contributed by atoms with van der Waals surface area (Å²) >= 11 is 0. The monoisotopic (exact) mass is 538 g/mol. The predicted octanol–water partition coefficient (Wildman–Crippen LogP) is 5.19. The second kappa shape index (κ2) is 14.2. The molecule has 27 heavy (non-hydrogen) atoms. The molecule has 0 spiro atoms. The van der Waals surface area contributed by atoms with Gasteiger partial charge in [-0.15, -0.1) is 30.7 Å². The number of aromatic nitrogens is 2. The minimum atomic E-state index is 0. The number of hydrogen-bond donors (Lipinski definition) is 1. The molecule has 0 aliphatic carbocycles. The van der Waals surface area contributed by atoms with Gasteiger partial charge in [0.1, 0.15) is 0 Å². The summed E-state index contributed by atoms with van der Waals surface area (Å²) in [5.74, 6) is 0. The van der Waals surface area contributed by atoms with Crippen molar-refractivity contribution in [3.05, 3.63) is 86.4 Å². The van der Waals surface area contributed by atoms with Gasteiger partial charge in [0.15, 0.2) is 0 Å². The Balaban J connectivity index is 0.000000350. The molecule has 0 aliphatic heterocycles. The molecule has 1 aromatic carbocycles. The first kappa shape index (κ1) is 23.2. The number of hydrogen-bond acceptors (Lipinski definition) is 3. The SMILES string of the molecule is [CH2-]CCC[CH-]CCO.[Ir+3].[c-]1c(-c2ccccn2)cccc1-c1ccccn1. The Morgan fingerprint density at radius 1 is 0.852 bits per heavy atom. The van der Waals surface area contributed by atoms with Crippen LogP contribution in [0.5, 0.6) is 0 Å². The summed E-state index contributed by atoms with van der Waals surface area (Å²) in [6.45, 7) is 3.99. The molecule has 0 saturated carbocycles. The van der Waals surface area contributed by atoms with Crippen molar-refractivity contribution in [1.82, 2.24) is 9.97 Å². The van der Waals surface area contributed by atoms with Gasteiger partial charge < -0.3 is 18.5 Å². The minimum absolute atomic E-state index is 0. The molecule has 1 N–H and O–H groups in total. The van der Waals surface area contributed by atoms with E-state index >= 15 is 0 Å². The maximum absolute atomic E-state index is 8.32. The largest absolute Gasteiger partial charge is 3.00 e. The van der Waals surface area contributed by atoms with Crippen molar-refractivity contribution < 1.29 is 25.2 Å². The zero-order valence-corrected chi connectivity index (χ0v) is 17.7. The third kappa shape index (κ3) is 8.57. The first-order valence-corrected chi connectivity index (χ1v) is 8.92. The number of aliphatic hydroxyl groups is 1. The molecule has 2 heterocycles. The van der Waals surface area contributed by atoms with Gasteiger partial charge in [0, 0.05) is 30.4 Å². The average Bonchev–Trinajstić information content (AvgIpc) is 2.73. The summed E-state index contributed by atoms with van der Waals surface area (Å²) in [5.41, 5.74) is 3.82. The summed E-state index contributed by atoms with van der Waals surface area (Å²) in [6, 6.07) is 21.1. The summed E-state index contributed by atoms with van der Waals surface area (Å²) in [4.78, 5) is 8.66. The second-order valence-electron chi connectivity index (χ2n) is 5.70. The van der Waals surface area contributed by atoms with Crippen LogP contribution in [0.2, 0.25) is 0 Å². The smallest absolute Gasteiger partial charge is 0.399 e. The number of unbranched alkanes of at least 4 members (excludes halogenated alkanes) is 4. The number of aliphatic hydroxyl groups excluding tert-OH is 1. The van der Waals surface area contributed by atoms with Gasteiger partial charge in [0.2, 0.25) is 0 Å². The van der Waals surface area contributed by atoms with Gasteiger partial charge in [-0.25, -0.2) is 0 Å². The van der Waals surface area contributed by atoms with Gasteiger partial charge in [-0.1, -0.05) is 35.4 Å². The maximum Gasteiger partial charge on any atom is 3.00 e. The number of rotatable bonds is 7. The van der Waals surface area contributed by atoms with Crippen molar-refractivity contribution in [2.45, 2.75) is 25.7 Å². The molecular weight excluding hydrogens is 512 g/mol. The molecule has 3 rings (SSSR count). The first-order valence-electron chi connectivity index (χ1n) is 8.92. The van der Waals surface area contributed by atoms with Crippen LogP contribution in [0.1, 0.15) is 25.7 Å². The number of nitrogens with zero attached hydrogens (tertiary/aromatic N) is 2. The fraction of sp³-hybridized carbons (Fsp3) is 0.217. The van der Waals surface area contributed by atoms with Crippen molar-refractivity contribution in [3.63, 3.8) is 0 Å². The zero-order valence-electron chi connectivity index (χ0n) is 15.3. The van der Waals surface area contributed by atoms with E-state index in [4.69, 9.17) is 5.11 Å². The normalized spacial score (nSPS) is 9.70. The minimum Gasteiger partial charge on any atom is -0.399 e. The molecule has 4 heteroatoms. The topological polar surface area (TPSA) is 46.0 Å². The van der Waals surface area contributed by atoms with Crippen LogP contribution in [0.15, 0.2) is 67.0 Å². The van der Waals surface area contributed by atoms with E-state index in [1.54, 1.807) is 12.4 Å². The van der Waals surface area contributed by atoms with Crippen LogP contribution in [0.25, 0.3) is 22.5 Å². The molecule has 142 valence electrons. The van der Waals surface area contributed by atoms with Crippen molar-refractivity contribution in [3.8, 4) is 22.5 Å². The van der Waals surface area contributed by atoms with Crippen molar-refractivity contribution in [2.24, 2.45) is 0 Å². The molecule has 3 nitrogen and oxygen atoms in total. The van der Waals surface area contributed by atoms with Gasteiger partial charge in [-0.05, 0) is 12.1 Å². The first-order chi connectivity index (χ1) is 12.8. The Hall–Kier alpha value is -1.87. The Kier molecular flexibility index (Phi) is 12.2. The summed E-state index contributed by atoms with van der Waals surface area (Å²) in [6.07, 6.45) is 9.77. The molecule has 0 unspecified atom stereocenters. The van der Waals surface area contributed by atoms with E-state index in [9.17, 15) is 0 Å². The molecule has 2 aromatic heterocycles. The van der Waals surface area contributed by atoms with Crippen LogP contribution in [0, 0.1) is 19.4 Å². The quantitative estimate of drug-likeness (QED) is 0.334. The second-order valence-corrected chi connectivity index (χ2v) is 5.70. The van der Waals surface area contributed by atoms with E-state index in [0.717, 1.165) is 48.2 Å².